The molecule has 0 saturated carbocycles. The summed E-state index contributed by atoms with van der Waals surface area (Å²) in [5, 5.41) is 5.87. The van der Waals surface area contributed by atoms with Crippen LogP contribution >= 0.6 is 0 Å². The van der Waals surface area contributed by atoms with Crippen LogP contribution in [0.1, 0.15) is 27.7 Å². The number of hydrogen-bond acceptors (Lipinski definition) is 2. The maximum absolute atomic E-state index is 4.07. The minimum Gasteiger partial charge on any atom is -0.359 e. The third-order valence-corrected chi connectivity index (χ3v) is 2.81. The fourth-order valence-corrected chi connectivity index (χ4v) is 1.79. The molecule has 1 aromatic carbocycles. The van der Waals surface area contributed by atoms with Crippen molar-refractivity contribution in [2.75, 3.05) is 0 Å². The lowest BCUT2D eigenvalue weighted by Gasteiger charge is -2.07. The van der Waals surface area contributed by atoms with Gasteiger partial charge in [-0.3, -0.25) is 4.99 Å². The van der Waals surface area contributed by atoms with Gasteiger partial charge in [-0.1, -0.05) is 36.4 Å². The molecule has 0 amide bonds. The third kappa shape index (κ3) is 4.59. The molecule has 19 heavy (non-hydrogen) atoms. The molecule has 0 saturated heterocycles. The van der Waals surface area contributed by atoms with Crippen molar-refractivity contribution in [3.8, 4) is 0 Å². The Morgan fingerprint density at radius 1 is 1.16 bits per heavy atom. The van der Waals surface area contributed by atoms with Gasteiger partial charge < -0.3 is 5.32 Å². The Balaban J connectivity index is 3.10. The summed E-state index contributed by atoms with van der Waals surface area (Å²) in [5.41, 5.74) is 2.17. The highest BCUT2D eigenvalue weighted by atomic mass is 14.9. The number of nitrogens with zero attached hydrogens (tertiary/aromatic N) is 1. The highest BCUT2D eigenvalue weighted by Crippen LogP contribution is 1.96. The Morgan fingerprint density at radius 2 is 1.89 bits per heavy atom. The van der Waals surface area contributed by atoms with Crippen molar-refractivity contribution in [1.82, 2.24) is 5.32 Å². The van der Waals surface area contributed by atoms with E-state index in [0.717, 1.165) is 11.4 Å². The van der Waals surface area contributed by atoms with Gasteiger partial charge in [-0.05, 0) is 39.0 Å². The van der Waals surface area contributed by atoms with Crippen LogP contribution in [0.4, 0.5) is 0 Å². The van der Waals surface area contributed by atoms with E-state index in [-0.39, 0.29) is 0 Å². The van der Waals surface area contributed by atoms with E-state index in [4.69, 9.17) is 0 Å². The summed E-state index contributed by atoms with van der Waals surface area (Å²) >= 11 is 0. The van der Waals surface area contributed by atoms with E-state index in [1.54, 1.807) is 12.4 Å². The zero-order chi connectivity index (χ0) is 14.1. The van der Waals surface area contributed by atoms with Gasteiger partial charge in [-0.25, -0.2) is 0 Å². The molecule has 2 heteroatoms. The van der Waals surface area contributed by atoms with Crippen LogP contribution in [0.15, 0.2) is 53.3 Å². The van der Waals surface area contributed by atoms with E-state index in [2.05, 4.69) is 54.5 Å². The second kappa shape index (κ2) is 8.09. The van der Waals surface area contributed by atoms with Gasteiger partial charge in [-0.2, -0.15) is 0 Å². The van der Waals surface area contributed by atoms with Gasteiger partial charge in [-0.15, -0.1) is 0 Å². The van der Waals surface area contributed by atoms with Crippen LogP contribution in [0, 0.1) is 0 Å². The fourth-order valence-electron chi connectivity index (χ4n) is 1.79. The quantitative estimate of drug-likeness (QED) is 0.648. The number of hydrogen-bond donors (Lipinski definition) is 1. The summed E-state index contributed by atoms with van der Waals surface area (Å²) in [5.74, 6) is 0. The predicted octanol–water partition coefficient (Wildman–Crippen LogP) is 2.71. The Morgan fingerprint density at radius 3 is 2.53 bits per heavy atom. The van der Waals surface area contributed by atoms with Crippen LogP contribution in [-0.2, 0) is 0 Å². The summed E-state index contributed by atoms with van der Waals surface area (Å²) in [6.07, 6.45) is 9.66. The number of aliphatic imine (C=N–C) groups is 1. The first-order valence-electron chi connectivity index (χ1n) is 6.53. The van der Waals surface area contributed by atoms with E-state index >= 15 is 0 Å². The zero-order valence-electron chi connectivity index (χ0n) is 12.1. The first-order valence-corrected chi connectivity index (χ1v) is 6.53. The van der Waals surface area contributed by atoms with Gasteiger partial charge in [0.05, 0.1) is 0 Å². The van der Waals surface area contributed by atoms with Crippen LogP contribution in [0.25, 0.3) is 11.8 Å². The third-order valence-electron chi connectivity index (χ3n) is 2.81. The topological polar surface area (TPSA) is 24.4 Å². The smallest absolute Gasteiger partial charge is 0.0353 e. The average molecular weight is 254 g/mol. The lowest BCUT2D eigenvalue weighted by molar-refractivity contribution is 1.09. The van der Waals surface area contributed by atoms with Crippen molar-refractivity contribution in [2.45, 2.75) is 27.7 Å². The van der Waals surface area contributed by atoms with Crippen LogP contribution < -0.4 is 15.8 Å². The maximum atomic E-state index is 4.07. The molecule has 0 atom stereocenters. The molecule has 1 aromatic rings. The Hall–Kier alpha value is -2.09. The summed E-state index contributed by atoms with van der Waals surface area (Å²) in [6.45, 7) is 8.05. The molecule has 0 spiro atoms. The van der Waals surface area contributed by atoms with Gasteiger partial charge in [0.15, 0.2) is 0 Å². The highest BCUT2D eigenvalue weighted by Gasteiger charge is 1.94. The molecule has 0 aliphatic heterocycles. The van der Waals surface area contributed by atoms with Crippen molar-refractivity contribution in [3.05, 3.63) is 58.8 Å². The predicted molar refractivity (Wildman–Crippen MR) is 85.1 cm³/mol. The van der Waals surface area contributed by atoms with Crippen molar-refractivity contribution in [3.63, 3.8) is 0 Å². The van der Waals surface area contributed by atoms with Gasteiger partial charge in [0, 0.05) is 29.0 Å². The summed E-state index contributed by atoms with van der Waals surface area (Å²) in [6, 6.07) is 8.35. The van der Waals surface area contributed by atoms with E-state index in [9.17, 15) is 0 Å². The number of allylic oxidation sites excluding steroid dienone is 2. The van der Waals surface area contributed by atoms with E-state index in [0.29, 0.717) is 0 Å². The normalized spacial score (nSPS) is 15.4. The van der Waals surface area contributed by atoms with Crippen LogP contribution in [0.3, 0.4) is 0 Å². The number of rotatable bonds is 4. The molecule has 2 nitrogen and oxygen atoms in total. The first-order chi connectivity index (χ1) is 9.22. The SMILES string of the molecule is CC=N/C=C\C(=C/C)N/C(C)=c1\cccc\c1=C\C. The first kappa shape index (κ1) is 15.0. The molecule has 0 fully saturated rings. The molecule has 0 heterocycles. The lowest BCUT2D eigenvalue weighted by Crippen LogP contribution is -2.30. The molecule has 100 valence electrons. The maximum Gasteiger partial charge on any atom is 0.0353 e. The summed E-state index contributed by atoms with van der Waals surface area (Å²) in [4.78, 5) is 4.07. The minimum absolute atomic E-state index is 1.04. The lowest BCUT2D eigenvalue weighted by atomic mass is 10.2. The van der Waals surface area contributed by atoms with Gasteiger partial charge in [0.2, 0.25) is 0 Å². The van der Waals surface area contributed by atoms with Crippen LogP contribution in [0.2, 0.25) is 0 Å². The van der Waals surface area contributed by atoms with Gasteiger partial charge in [0.25, 0.3) is 0 Å². The van der Waals surface area contributed by atoms with Crippen molar-refractivity contribution < 1.29 is 0 Å². The van der Waals surface area contributed by atoms with E-state index in [1.165, 1.54) is 10.4 Å². The molecule has 0 aliphatic carbocycles. The van der Waals surface area contributed by atoms with E-state index in [1.807, 2.05) is 26.0 Å². The molecule has 0 aliphatic rings. The molecule has 0 unspecified atom stereocenters. The monoisotopic (exact) mass is 254 g/mol. The van der Waals surface area contributed by atoms with Crippen LogP contribution in [-0.4, -0.2) is 6.21 Å². The Kier molecular flexibility index (Phi) is 6.37. The fraction of sp³-hybridized carbons (Fsp3) is 0.235. The average Bonchev–Trinajstić information content (AvgIpc) is 2.46. The van der Waals surface area contributed by atoms with E-state index < -0.39 is 0 Å². The van der Waals surface area contributed by atoms with Crippen molar-refractivity contribution in [1.29, 1.82) is 0 Å². The molecule has 1 N–H and O–H groups in total. The van der Waals surface area contributed by atoms with Crippen molar-refractivity contribution >= 4 is 18.0 Å². The van der Waals surface area contributed by atoms with Crippen molar-refractivity contribution in [2.24, 2.45) is 4.99 Å². The van der Waals surface area contributed by atoms with Gasteiger partial charge in [0.1, 0.15) is 0 Å². The highest BCUT2D eigenvalue weighted by molar-refractivity contribution is 5.54. The second-order valence-corrected chi connectivity index (χ2v) is 4.09. The molecule has 0 bridgehead atoms. The number of nitrogens with one attached hydrogen (secondary N) is 1. The molecular formula is C17H22N2. The van der Waals surface area contributed by atoms with Crippen LogP contribution in [0.5, 0.6) is 0 Å². The second-order valence-electron chi connectivity index (χ2n) is 4.09. The molecule has 0 aromatic heterocycles. The molecule has 1 rings (SSSR count). The largest absolute Gasteiger partial charge is 0.359 e. The molecule has 0 radical (unpaired) electrons. The Labute approximate surface area is 115 Å². The summed E-state index contributed by atoms with van der Waals surface area (Å²) < 4.78 is 0. The summed E-state index contributed by atoms with van der Waals surface area (Å²) in [7, 11) is 0. The Bertz CT molecular complexity index is 604. The molecular weight excluding hydrogens is 232 g/mol. The minimum atomic E-state index is 1.04. The van der Waals surface area contributed by atoms with Gasteiger partial charge >= 0.3 is 0 Å². The zero-order valence-corrected chi connectivity index (χ0v) is 12.1. The standard InChI is InChI=1S/C17H22N2/c1-5-15-10-8-9-11-17(15)14(4)19-16(6-2)12-13-18-7-3/h5-13,19H,1-4H3/b13-12-,15-5-,16-6+,17-14+,18-7?. The number of benzene rings is 1.